The van der Waals surface area contributed by atoms with E-state index in [2.05, 4.69) is 38.8 Å². The number of carbonyl (C=O) groups is 2. The Bertz CT molecular complexity index is 717. The Kier molecular flexibility index (Phi) is 7.47. The zero-order valence-corrected chi connectivity index (χ0v) is 15.7. The number of amides is 2. The standard InChI is InChI=1S/C19H22BrN3O2/c1-2-3-11-21-19(25)14-5-4-6-17(12-14)23-18(24)13-22-16-9-7-15(20)8-10-16/h4-10,12,22H,2-3,11,13H2,1H3,(H,21,25)(H,23,24). The summed E-state index contributed by atoms with van der Waals surface area (Å²) in [6, 6.07) is 14.5. The summed E-state index contributed by atoms with van der Waals surface area (Å²) in [6.45, 7) is 2.88. The summed E-state index contributed by atoms with van der Waals surface area (Å²) in [6.07, 6.45) is 1.98. The normalized spacial score (nSPS) is 10.2. The molecule has 0 unspecified atom stereocenters. The van der Waals surface area contributed by atoms with Gasteiger partial charge in [-0.05, 0) is 48.9 Å². The third-order valence-electron chi connectivity index (χ3n) is 3.52. The quantitative estimate of drug-likeness (QED) is 0.582. The minimum Gasteiger partial charge on any atom is -0.376 e. The van der Waals surface area contributed by atoms with Crippen LogP contribution in [0.15, 0.2) is 53.0 Å². The summed E-state index contributed by atoms with van der Waals surface area (Å²) in [7, 11) is 0. The number of unbranched alkanes of at least 4 members (excludes halogenated alkanes) is 1. The van der Waals surface area contributed by atoms with Gasteiger partial charge < -0.3 is 16.0 Å². The lowest BCUT2D eigenvalue weighted by Gasteiger charge is -2.09. The molecule has 25 heavy (non-hydrogen) atoms. The van der Waals surface area contributed by atoms with Crippen molar-refractivity contribution < 1.29 is 9.59 Å². The number of hydrogen-bond acceptors (Lipinski definition) is 3. The summed E-state index contributed by atoms with van der Waals surface area (Å²) in [5.41, 5.74) is 2.00. The first-order valence-corrected chi connectivity index (χ1v) is 9.05. The van der Waals surface area contributed by atoms with Gasteiger partial charge >= 0.3 is 0 Å². The molecule has 0 saturated heterocycles. The molecule has 0 aromatic heterocycles. The fraction of sp³-hybridized carbons (Fsp3) is 0.263. The van der Waals surface area contributed by atoms with E-state index < -0.39 is 0 Å². The Balaban J connectivity index is 1.86. The Morgan fingerprint density at radius 2 is 1.80 bits per heavy atom. The molecule has 0 bridgehead atoms. The number of carbonyl (C=O) groups excluding carboxylic acids is 2. The van der Waals surface area contributed by atoms with E-state index in [0.29, 0.717) is 17.8 Å². The highest BCUT2D eigenvalue weighted by molar-refractivity contribution is 9.10. The van der Waals surface area contributed by atoms with Gasteiger partial charge in [0.1, 0.15) is 0 Å². The van der Waals surface area contributed by atoms with E-state index in [1.165, 1.54) is 0 Å². The zero-order chi connectivity index (χ0) is 18.1. The Morgan fingerprint density at radius 3 is 2.52 bits per heavy atom. The summed E-state index contributed by atoms with van der Waals surface area (Å²) in [5.74, 6) is -0.302. The van der Waals surface area contributed by atoms with Crippen LogP contribution >= 0.6 is 15.9 Å². The van der Waals surface area contributed by atoms with Crippen LogP contribution in [0.2, 0.25) is 0 Å². The number of nitrogens with one attached hydrogen (secondary N) is 3. The van der Waals surface area contributed by atoms with Gasteiger partial charge in [0.25, 0.3) is 5.91 Å². The lowest BCUT2D eigenvalue weighted by Crippen LogP contribution is -2.25. The molecule has 0 aliphatic rings. The molecule has 0 spiro atoms. The van der Waals surface area contributed by atoms with Crippen LogP contribution in [0.3, 0.4) is 0 Å². The number of halogens is 1. The van der Waals surface area contributed by atoms with Gasteiger partial charge in [-0.1, -0.05) is 35.3 Å². The van der Waals surface area contributed by atoms with Crippen molar-refractivity contribution in [3.8, 4) is 0 Å². The first kappa shape index (κ1) is 19.0. The molecule has 0 fully saturated rings. The highest BCUT2D eigenvalue weighted by atomic mass is 79.9. The minimum absolute atomic E-state index is 0.127. The van der Waals surface area contributed by atoms with E-state index in [1.54, 1.807) is 24.3 Å². The second kappa shape index (κ2) is 9.84. The lowest BCUT2D eigenvalue weighted by molar-refractivity contribution is -0.114. The van der Waals surface area contributed by atoms with Crippen molar-refractivity contribution in [3.63, 3.8) is 0 Å². The third-order valence-corrected chi connectivity index (χ3v) is 4.05. The van der Waals surface area contributed by atoms with Crippen LogP contribution in [0.5, 0.6) is 0 Å². The highest BCUT2D eigenvalue weighted by Crippen LogP contribution is 2.14. The van der Waals surface area contributed by atoms with Crippen molar-refractivity contribution in [1.82, 2.24) is 5.32 Å². The minimum atomic E-state index is -0.175. The van der Waals surface area contributed by atoms with E-state index in [9.17, 15) is 9.59 Å². The predicted molar refractivity (Wildman–Crippen MR) is 105 cm³/mol. The molecule has 0 aliphatic carbocycles. The fourth-order valence-electron chi connectivity index (χ4n) is 2.17. The topological polar surface area (TPSA) is 70.2 Å². The fourth-order valence-corrected chi connectivity index (χ4v) is 2.44. The van der Waals surface area contributed by atoms with Gasteiger partial charge in [0, 0.05) is 28.0 Å². The number of benzene rings is 2. The largest absolute Gasteiger partial charge is 0.376 e. The maximum atomic E-state index is 12.1. The maximum Gasteiger partial charge on any atom is 0.251 e. The molecule has 0 radical (unpaired) electrons. The van der Waals surface area contributed by atoms with Gasteiger partial charge in [-0.15, -0.1) is 0 Å². The predicted octanol–water partition coefficient (Wildman–Crippen LogP) is 4.03. The van der Waals surface area contributed by atoms with Crippen molar-refractivity contribution >= 4 is 39.1 Å². The van der Waals surface area contributed by atoms with Gasteiger partial charge in [-0.3, -0.25) is 9.59 Å². The SMILES string of the molecule is CCCCNC(=O)c1cccc(NC(=O)CNc2ccc(Br)cc2)c1. The second-order valence-electron chi connectivity index (χ2n) is 5.60. The van der Waals surface area contributed by atoms with Crippen LogP contribution in [0, 0.1) is 0 Å². The molecular formula is C19H22BrN3O2. The van der Waals surface area contributed by atoms with Gasteiger partial charge in [0.15, 0.2) is 0 Å². The van der Waals surface area contributed by atoms with Crippen LogP contribution < -0.4 is 16.0 Å². The summed E-state index contributed by atoms with van der Waals surface area (Å²) >= 11 is 3.37. The van der Waals surface area contributed by atoms with Crippen molar-refractivity contribution in [1.29, 1.82) is 0 Å². The number of anilines is 2. The molecule has 5 nitrogen and oxygen atoms in total. The lowest BCUT2D eigenvalue weighted by atomic mass is 10.2. The molecule has 0 heterocycles. The third kappa shape index (κ3) is 6.58. The summed E-state index contributed by atoms with van der Waals surface area (Å²) in [5, 5.41) is 8.71. The van der Waals surface area contributed by atoms with Crippen molar-refractivity contribution in [2.75, 3.05) is 23.7 Å². The van der Waals surface area contributed by atoms with Crippen LogP contribution in [0.25, 0.3) is 0 Å². The Hall–Kier alpha value is -2.34. The number of hydrogen-bond donors (Lipinski definition) is 3. The van der Waals surface area contributed by atoms with Gasteiger partial charge in [-0.25, -0.2) is 0 Å². The average Bonchev–Trinajstić information content (AvgIpc) is 2.61. The molecule has 2 aromatic rings. The Labute approximate surface area is 156 Å². The van der Waals surface area contributed by atoms with E-state index in [4.69, 9.17) is 0 Å². The zero-order valence-electron chi connectivity index (χ0n) is 14.1. The molecular weight excluding hydrogens is 382 g/mol. The monoisotopic (exact) mass is 403 g/mol. The Morgan fingerprint density at radius 1 is 1.04 bits per heavy atom. The molecule has 6 heteroatoms. The van der Waals surface area contributed by atoms with E-state index in [-0.39, 0.29) is 18.4 Å². The molecule has 2 amide bonds. The molecule has 2 rings (SSSR count). The van der Waals surface area contributed by atoms with E-state index in [1.807, 2.05) is 24.3 Å². The molecule has 0 saturated carbocycles. The second-order valence-corrected chi connectivity index (χ2v) is 6.51. The van der Waals surface area contributed by atoms with Crippen molar-refractivity contribution in [2.24, 2.45) is 0 Å². The smallest absolute Gasteiger partial charge is 0.251 e. The molecule has 0 aliphatic heterocycles. The van der Waals surface area contributed by atoms with E-state index in [0.717, 1.165) is 23.0 Å². The first-order valence-electron chi connectivity index (χ1n) is 8.26. The molecule has 132 valence electrons. The molecule has 3 N–H and O–H groups in total. The van der Waals surface area contributed by atoms with Crippen LogP contribution in [-0.2, 0) is 4.79 Å². The molecule has 0 atom stereocenters. The van der Waals surface area contributed by atoms with Crippen molar-refractivity contribution in [2.45, 2.75) is 19.8 Å². The van der Waals surface area contributed by atoms with Crippen LogP contribution in [-0.4, -0.2) is 24.9 Å². The molecule has 2 aromatic carbocycles. The van der Waals surface area contributed by atoms with E-state index >= 15 is 0 Å². The summed E-state index contributed by atoms with van der Waals surface area (Å²) in [4.78, 5) is 24.1. The van der Waals surface area contributed by atoms with Gasteiger partial charge in [0.2, 0.25) is 5.91 Å². The van der Waals surface area contributed by atoms with Crippen LogP contribution in [0.4, 0.5) is 11.4 Å². The maximum absolute atomic E-state index is 12.1. The first-order chi connectivity index (χ1) is 12.1. The highest BCUT2D eigenvalue weighted by Gasteiger charge is 2.07. The van der Waals surface area contributed by atoms with Crippen molar-refractivity contribution in [3.05, 3.63) is 58.6 Å². The number of rotatable bonds is 8. The van der Waals surface area contributed by atoms with Gasteiger partial charge in [0.05, 0.1) is 6.54 Å². The average molecular weight is 404 g/mol. The summed E-state index contributed by atoms with van der Waals surface area (Å²) < 4.78 is 0.983. The van der Waals surface area contributed by atoms with Gasteiger partial charge in [-0.2, -0.15) is 0 Å². The van der Waals surface area contributed by atoms with Crippen LogP contribution in [0.1, 0.15) is 30.1 Å².